The van der Waals surface area contributed by atoms with Gasteiger partial charge in [-0.25, -0.2) is 9.79 Å². The maximum Gasteiger partial charge on any atom is 0.363 e. The summed E-state index contributed by atoms with van der Waals surface area (Å²) in [6, 6.07) is 11.9. The van der Waals surface area contributed by atoms with E-state index in [1.165, 1.54) is 36.4 Å². The first-order valence-corrected chi connectivity index (χ1v) is 6.59. The zero-order valence-electron chi connectivity index (χ0n) is 11.7. The molecule has 1 aliphatic rings. The van der Waals surface area contributed by atoms with Gasteiger partial charge in [-0.05, 0) is 29.8 Å². The van der Waals surface area contributed by atoms with E-state index in [9.17, 15) is 20.0 Å². The van der Waals surface area contributed by atoms with Gasteiger partial charge in [-0.3, -0.25) is 10.1 Å². The fourth-order valence-electron chi connectivity index (χ4n) is 2.01. The third kappa shape index (κ3) is 3.08. The van der Waals surface area contributed by atoms with E-state index < -0.39 is 10.9 Å². The van der Waals surface area contributed by atoms with Gasteiger partial charge in [0.2, 0.25) is 5.90 Å². The molecule has 23 heavy (non-hydrogen) atoms. The van der Waals surface area contributed by atoms with Crippen molar-refractivity contribution in [2.45, 2.75) is 0 Å². The second-order valence-electron chi connectivity index (χ2n) is 4.74. The number of non-ortho nitro benzene ring substituents is 1. The molecule has 0 saturated heterocycles. The van der Waals surface area contributed by atoms with Crippen LogP contribution in [0.3, 0.4) is 0 Å². The van der Waals surface area contributed by atoms with Gasteiger partial charge in [0.05, 0.1) is 4.92 Å². The molecule has 1 heterocycles. The molecule has 1 aliphatic heterocycles. The second kappa shape index (κ2) is 5.72. The van der Waals surface area contributed by atoms with Crippen LogP contribution in [0.4, 0.5) is 5.69 Å². The number of nitro benzene ring substituents is 1. The lowest BCUT2D eigenvalue weighted by Gasteiger charge is -1.98. The second-order valence-corrected chi connectivity index (χ2v) is 4.74. The van der Waals surface area contributed by atoms with E-state index in [2.05, 4.69) is 4.99 Å². The van der Waals surface area contributed by atoms with Gasteiger partial charge in [0.15, 0.2) is 5.70 Å². The molecule has 0 fully saturated rings. The third-order valence-electron chi connectivity index (χ3n) is 3.12. The van der Waals surface area contributed by atoms with E-state index in [0.29, 0.717) is 11.1 Å². The SMILES string of the molecule is O=C1OC(c2cccc([N+](=O)[O-])c2)=NC1=Cc1ccc(O)cc1. The minimum Gasteiger partial charge on any atom is -0.508 e. The van der Waals surface area contributed by atoms with E-state index in [4.69, 9.17) is 4.74 Å². The predicted molar refractivity (Wildman–Crippen MR) is 81.8 cm³/mol. The maximum absolute atomic E-state index is 11.9. The van der Waals surface area contributed by atoms with Gasteiger partial charge < -0.3 is 9.84 Å². The van der Waals surface area contributed by atoms with Crippen molar-refractivity contribution in [2.24, 2.45) is 4.99 Å². The number of benzene rings is 2. The van der Waals surface area contributed by atoms with E-state index >= 15 is 0 Å². The van der Waals surface area contributed by atoms with E-state index in [1.807, 2.05) is 0 Å². The number of carbonyl (C=O) groups excluding carboxylic acids is 1. The lowest BCUT2D eigenvalue weighted by atomic mass is 10.2. The summed E-state index contributed by atoms with van der Waals surface area (Å²) in [7, 11) is 0. The number of phenolic OH excluding ortho intramolecular Hbond substituents is 1. The van der Waals surface area contributed by atoms with Crippen LogP contribution >= 0.6 is 0 Å². The van der Waals surface area contributed by atoms with Gasteiger partial charge in [-0.1, -0.05) is 18.2 Å². The molecule has 7 nitrogen and oxygen atoms in total. The quantitative estimate of drug-likeness (QED) is 0.406. The third-order valence-corrected chi connectivity index (χ3v) is 3.12. The van der Waals surface area contributed by atoms with Gasteiger partial charge >= 0.3 is 5.97 Å². The molecule has 0 atom stereocenters. The molecule has 0 aromatic heterocycles. The Morgan fingerprint density at radius 1 is 1.17 bits per heavy atom. The fourth-order valence-corrected chi connectivity index (χ4v) is 2.01. The van der Waals surface area contributed by atoms with Crippen molar-refractivity contribution in [3.63, 3.8) is 0 Å². The molecule has 0 saturated carbocycles. The van der Waals surface area contributed by atoms with Crippen molar-refractivity contribution in [3.05, 3.63) is 75.5 Å². The molecule has 3 rings (SSSR count). The Morgan fingerprint density at radius 2 is 1.91 bits per heavy atom. The number of carbonyl (C=O) groups is 1. The summed E-state index contributed by atoms with van der Waals surface area (Å²) in [5.41, 5.74) is 0.981. The lowest BCUT2D eigenvalue weighted by Crippen LogP contribution is -2.05. The van der Waals surface area contributed by atoms with Crippen molar-refractivity contribution < 1.29 is 19.6 Å². The molecule has 2 aromatic carbocycles. The van der Waals surface area contributed by atoms with E-state index in [1.54, 1.807) is 18.2 Å². The standard InChI is InChI=1S/C16H10N2O5/c19-13-6-4-10(5-7-13)8-14-16(20)23-15(17-14)11-2-1-3-12(9-11)18(21)22/h1-9,19H. The summed E-state index contributed by atoms with van der Waals surface area (Å²) in [5, 5.41) is 20.0. The number of hydrogen-bond donors (Lipinski definition) is 1. The highest BCUT2D eigenvalue weighted by molar-refractivity contribution is 6.13. The number of nitrogens with zero attached hydrogens (tertiary/aromatic N) is 2. The normalized spacial score (nSPS) is 15.4. The number of ether oxygens (including phenoxy) is 1. The first kappa shape index (κ1) is 14.5. The van der Waals surface area contributed by atoms with Gasteiger partial charge in [-0.2, -0.15) is 0 Å². The fraction of sp³-hybridized carbons (Fsp3) is 0. The number of rotatable bonds is 3. The van der Waals surface area contributed by atoms with Crippen molar-refractivity contribution in [3.8, 4) is 5.75 Å². The molecule has 0 unspecified atom stereocenters. The van der Waals surface area contributed by atoms with Crippen LogP contribution in [0.5, 0.6) is 5.75 Å². The minimum absolute atomic E-state index is 0.0173. The van der Waals surface area contributed by atoms with Crippen LogP contribution in [0.2, 0.25) is 0 Å². The van der Waals surface area contributed by atoms with Crippen molar-refractivity contribution >= 4 is 23.6 Å². The highest BCUT2D eigenvalue weighted by Crippen LogP contribution is 2.22. The number of phenols is 1. The molecule has 0 radical (unpaired) electrons. The minimum atomic E-state index is -0.639. The Labute approximate surface area is 130 Å². The Hall–Kier alpha value is -3.48. The Balaban J connectivity index is 1.93. The number of cyclic esters (lactones) is 1. The Bertz CT molecular complexity index is 853. The van der Waals surface area contributed by atoms with Crippen LogP contribution in [0, 0.1) is 10.1 Å². The Kier molecular flexibility index (Phi) is 3.60. The van der Waals surface area contributed by atoms with Gasteiger partial charge in [0, 0.05) is 17.7 Å². The zero-order chi connectivity index (χ0) is 16.4. The highest BCUT2D eigenvalue weighted by atomic mass is 16.6. The molecule has 2 aromatic rings. The number of aliphatic imine (C=N–C) groups is 1. The zero-order valence-corrected chi connectivity index (χ0v) is 11.7. The topological polar surface area (TPSA) is 102 Å². The summed E-state index contributed by atoms with van der Waals surface area (Å²) >= 11 is 0. The highest BCUT2D eigenvalue weighted by Gasteiger charge is 2.25. The average molecular weight is 310 g/mol. The summed E-state index contributed by atoms with van der Waals surface area (Å²) < 4.78 is 5.06. The van der Waals surface area contributed by atoms with Gasteiger partial charge in [0.1, 0.15) is 5.75 Å². The molecule has 114 valence electrons. The first-order chi connectivity index (χ1) is 11.0. The van der Waals surface area contributed by atoms with Crippen LogP contribution in [-0.2, 0) is 9.53 Å². The molecular formula is C16H10N2O5. The summed E-state index contributed by atoms with van der Waals surface area (Å²) in [5.74, 6) is -0.509. The number of aromatic hydroxyl groups is 1. The molecule has 0 amide bonds. The number of nitro groups is 1. The first-order valence-electron chi connectivity index (χ1n) is 6.59. The molecule has 0 bridgehead atoms. The summed E-state index contributed by atoms with van der Waals surface area (Å²) in [4.78, 5) is 26.2. The average Bonchev–Trinajstić information content (AvgIpc) is 2.91. The maximum atomic E-state index is 11.9. The summed E-state index contributed by atoms with van der Waals surface area (Å²) in [6.45, 7) is 0. The van der Waals surface area contributed by atoms with Crippen LogP contribution in [-0.4, -0.2) is 21.9 Å². The lowest BCUT2D eigenvalue weighted by molar-refractivity contribution is -0.384. The summed E-state index contributed by atoms with van der Waals surface area (Å²) in [6.07, 6.45) is 1.51. The smallest absolute Gasteiger partial charge is 0.363 e. The van der Waals surface area contributed by atoms with Crippen LogP contribution in [0.1, 0.15) is 11.1 Å². The number of esters is 1. The van der Waals surface area contributed by atoms with Gasteiger partial charge in [0.25, 0.3) is 5.69 Å². The van der Waals surface area contributed by atoms with Crippen molar-refractivity contribution in [1.82, 2.24) is 0 Å². The van der Waals surface area contributed by atoms with E-state index in [0.717, 1.165) is 0 Å². The monoisotopic (exact) mass is 310 g/mol. The Morgan fingerprint density at radius 3 is 2.61 bits per heavy atom. The molecule has 0 spiro atoms. The van der Waals surface area contributed by atoms with Crippen LogP contribution < -0.4 is 0 Å². The van der Waals surface area contributed by atoms with E-state index in [-0.39, 0.29) is 23.0 Å². The molecular weight excluding hydrogens is 300 g/mol. The largest absolute Gasteiger partial charge is 0.508 e. The van der Waals surface area contributed by atoms with Gasteiger partial charge in [-0.15, -0.1) is 0 Å². The predicted octanol–water partition coefficient (Wildman–Crippen LogP) is 2.64. The number of hydrogen-bond acceptors (Lipinski definition) is 6. The van der Waals surface area contributed by atoms with Crippen LogP contribution in [0.25, 0.3) is 6.08 Å². The van der Waals surface area contributed by atoms with Crippen molar-refractivity contribution in [2.75, 3.05) is 0 Å². The van der Waals surface area contributed by atoms with Crippen LogP contribution in [0.15, 0.2) is 59.2 Å². The molecule has 1 N–H and O–H groups in total. The van der Waals surface area contributed by atoms with Crippen molar-refractivity contribution in [1.29, 1.82) is 0 Å². The molecule has 0 aliphatic carbocycles. The molecule has 7 heteroatoms.